The van der Waals surface area contributed by atoms with Gasteiger partial charge in [0.05, 0.1) is 6.61 Å². The Hall–Kier alpha value is -0.120. The lowest BCUT2D eigenvalue weighted by Gasteiger charge is -2.41. The summed E-state index contributed by atoms with van der Waals surface area (Å²) in [5, 5.41) is 3.73. The maximum Gasteiger partial charge on any atom is 0.0546 e. The number of hydrogen-bond acceptors (Lipinski definition) is 3. The molecule has 2 aliphatic rings. The summed E-state index contributed by atoms with van der Waals surface area (Å²) < 4.78 is 5.80. The topological polar surface area (TPSA) is 24.5 Å². The fourth-order valence-corrected chi connectivity index (χ4v) is 3.02. The largest absolute Gasteiger partial charge is 0.381 e. The maximum atomic E-state index is 5.80. The van der Waals surface area contributed by atoms with E-state index in [9.17, 15) is 0 Å². The molecule has 3 heteroatoms. The second-order valence-corrected chi connectivity index (χ2v) is 6.18. The Morgan fingerprint density at radius 2 is 2.17 bits per heavy atom. The first-order chi connectivity index (χ1) is 8.78. The summed E-state index contributed by atoms with van der Waals surface area (Å²) in [7, 11) is 0. The third-order valence-electron chi connectivity index (χ3n) is 4.29. The van der Waals surface area contributed by atoms with E-state index in [4.69, 9.17) is 4.74 Å². The molecule has 1 aliphatic carbocycles. The monoisotopic (exact) mass is 254 g/mol. The average molecular weight is 254 g/mol. The molecule has 0 radical (unpaired) electrons. The zero-order valence-corrected chi connectivity index (χ0v) is 12.2. The van der Waals surface area contributed by atoms with Crippen LogP contribution in [0.1, 0.15) is 46.0 Å². The lowest BCUT2D eigenvalue weighted by molar-refractivity contribution is -0.0257. The van der Waals surface area contributed by atoms with Gasteiger partial charge in [-0.25, -0.2) is 0 Å². The predicted octanol–water partition coefficient (Wildman–Crippen LogP) is 2.27. The van der Waals surface area contributed by atoms with Crippen molar-refractivity contribution in [2.45, 2.75) is 52.0 Å². The van der Waals surface area contributed by atoms with Crippen LogP contribution in [-0.2, 0) is 4.74 Å². The first-order valence-electron chi connectivity index (χ1n) is 7.81. The van der Waals surface area contributed by atoms with Gasteiger partial charge in [-0.1, -0.05) is 13.8 Å². The molecule has 1 heterocycles. The van der Waals surface area contributed by atoms with Gasteiger partial charge in [-0.3, -0.25) is 0 Å². The number of nitrogens with one attached hydrogen (secondary N) is 1. The van der Waals surface area contributed by atoms with Crippen LogP contribution >= 0.6 is 0 Å². The highest BCUT2D eigenvalue weighted by Gasteiger charge is 2.36. The van der Waals surface area contributed by atoms with Crippen LogP contribution in [0, 0.1) is 5.41 Å². The van der Waals surface area contributed by atoms with Crippen LogP contribution in [0.4, 0.5) is 0 Å². The molecule has 0 bridgehead atoms. The highest BCUT2D eigenvalue weighted by Crippen LogP contribution is 2.31. The number of nitrogens with zero attached hydrogens (tertiary/aromatic N) is 1. The highest BCUT2D eigenvalue weighted by atomic mass is 16.5. The van der Waals surface area contributed by atoms with Gasteiger partial charge < -0.3 is 15.0 Å². The second-order valence-electron chi connectivity index (χ2n) is 6.18. The SMILES string of the molecule is CCCN(CC)CC1(CNC2CC2)CCCOC1. The van der Waals surface area contributed by atoms with E-state index in [1.807, 2.05) is 0 Å². The Morgan fingerprint density at radius 3 is 2.72 bits per heavy atom. The van der Waals surface area contributed by atoms with Crippen LogP contribution in [0.25, 0.3) is 0 Å². The van der Waals surface area contributed by atoms with E-state index in [1.54, 1.807) is 0 Å². The van der Waals surface area contributed by atoms with Gasteiger partial charge in [-0.15, -0.1) is 0 Å². The van der Waals surface area contributed by atoms with Gasteiger partial charge >= 0.3 is 0 Å². The van der Waals surface area contributed by atoms with Crippen LogP contribution in [0.15, 0.2) is 0 Å². The quantitative estimate of drug-likeness (QED) is 0.719. The molecule has 18 heavy (non-hydrogen) atoms. The summed E-state index contributed by atoms with van der Waals surface area (Å²) >= 11 is 0. The molecule has 0 spiro atoms. The van der Waals surface area contributed by atoms with Crippen molar-refractivity contribution in [3.8, 4) is 0 Å². The lowest BCUT2D eigenvalue weighted by atomic mass is 9.81. The van der Waals surface area contributed by atoms with E-state index >= 15 is 0 Å². The minimum Gasteiger partial charge on any atom is -0.381 e. The van der Waals surface area contributed by atoms with Crippen molar-refractivity contribution in [3.63, 3.8) is 0 Å². The van der Waals surface area contributed by atoms with Crippen molar-refractivity contribution in [1.29, 1.82) is 0 Å². The first-order valence-corrected chi connectivity index (χ1v) is 7.81. The van der Waals surface area contributed by atoms with Crippen molar-refractivity contribution in [2.24, 2.45) is 5.41 Å². The van der Waals surface area contributed by atoms with E-state index in [-0.39, 0.29) is 0 Å². The van der Waals surface area contributed by atoms with Crippen LogP contribution in [0.2, 0.25) is 0 Å². The van der Waals surface area contributed by atoms with Crippen molar-refractivity contribution < 1.29 is 4.74 Å². The summed E-state index contributed by atoms with van der Waals surface area (Å²) in [6.07, 6.45) is 6.57. The Morgan fingerprint density at radius 1 is 1.33 bits per heavy atom. The first kappa shape index (κ1) is 14.3. The molecule has 1 unspecified atom stereocenters. The molecule has 0 amide bonds. The Labute approximate surface area is 112 Å². The molecular weight excluding hydrogens is 224 g/mol. The molecule has 106 valence electrons. The zero-order chi connectivity index (χ0) is 12.8. The van der Waals surface area contributed by atoms with Crippen molar-refractivity contribution >= 4 is 0 Å². The summed E-state index contributed by atoms with van der Waals surface area (Å²) in [5.41, 5.74) is 0.367. The van der Waals surface area contributed by atoms with Crippen molar-refractivity contribution in [1.82, 2.24) is 10.2 Å². The van der Waals surface area contributed by atoms with Crippen molar-refractivity contribution in [2.75, 3.05) is 39.4 Å². The van der Waals surface area contributed by atoms with Gasteiger partial charge in [-0.2, -0.15) is 0 Å². The predicted molar refractivity (Wildman–Crippen MR) is 75.9 cm³/mol. The van der Waals surface area contributed by atoms with E-state index in [0.717, 1.165) is 25.8 Å². The molecular formula is C15H30N2O. The van der Waals surface area contributed by atoms with Gasteiger partial charge in [0.15, 0.2) is 0 Å². The molecule has 0 aromatic rings. The molecule has 1 aliphatic heterocycles. The lowest BCUT2D eigenvalue weighted by Crippen LogP contribution is -2.49. The van der Waals surface area contributed by atoms with Crippen LogP contribution in [-0.4, -0.2) is 50.3 Å². The molecule has 1 saturated heterocycles. The fraction of sp³-hybridized carbons (Fsp3) is 1.00. The summed E-state index contributed by atoms with van der Waals surface area (Å²) in [4.78, 5) is 2.60. The smallest absolute Gasteiger partial charge is 0.0546 e. The van der Waals surface area contributed by atoms with Crippen LogP contribution in [0.5, 0.6) is 0 Å². The third kappa shape index (κ3) is 4.22. The molecule has 3 nitrogen and oxygen atoms in total. The Balaban J connectivity index is 1.88. The average Bonchev–Trinajstić information content (AvgIpc) is 3.21. The van der Waals surface area contributed by atoms with Gasteiger partial charge in [0.2, 0.25) is 0 Å². The fourth-order valence-electron chi connectivity index (χ4n) is 3.02. The minimum absolute atomic E-state index is 0.367. The summed E-state index contributed by atoms with van der Waals surface area (Å²) in [5.74, 6) is 0. The molecule has 2 rings (SSSR count). The van der Waals surface area contributed by atoms with E-state index in [1.165, 1.54) is 51.7 Å². The summed E-state index contributed by atoms with van der Waals surface area (Å²) in [6, 6.07) is 0.810. The van der Waals surface area contributed by atoms with E-state index in [0.29, 0.717) is 5.41 Å². The minimum atomic E-state index is 0.367. The summed E-state index contributed by atoms with van der Waals surface area (Å²) in [6.45, 7) is 11.2. The maximum absolute atomic E-state index is 5.80. The van der Waals surface area contributed by atoms with Gasteiger partial charge in [0.25, 0.3) is 0 Å². The molecule has 0 aromatic carbocycles. The van der Waals surface area contributed by atoms with Gasteiger partial charge in [0.1, 0.15) is 0 Å². The number of hydrogen-bond donors (Lipinski definition) is 1. The molecule has 1 N–H and O–H groups in total. The van der Waals surface area contributed by atoms with Gasteiger partial charge in [0, 0.05) is 31.2 Å². The van der Waals surface area contributed by atoms with E-state index in [2.05, 4.69) is 24.1 Å². The van der Waals surface area contributed by atoms with Crippen molar-refractivity contribution in [3.05, 3.63) is 0 Å². The Bertz CT molecular complexity index is 235. The molecule has 1 saturated carbocycles. The third-order valence-corrected chi connectivity index (χ3v) is 4.29. The highest BCUT2D eigenvalue weighted by molar-refractivity contribution is 4.91. The normalized spacial score (nSPS) is 28.8. The number of rotatable bonds is 8. The van der Waals surface area contributed by atoms with Crippen LogP contribution < -0.4 is 5.32 Å². The number of ether oxygens (including phenoxy) is 1. The second kappa shape index (κ2) is 6.88. The zero-order valence-electron chi connectivity index (χ0n) is 12.2. The van der Waals surface area contributed by atoms with E-state index < -0.39 is 0 Å². The molecule has 2 fully saturated rings. The van der Waals surface area contributed by atoms with Gasteiger partial charge in [-0.05, 0) is 45.2 Å². The van der Waals surface area contributed by atoms with Crippen LogP contribution in [0.3, 0.4) is 0 Å². The Kier molecular flexibility index (Phi) is 5.46. The standard InChI is InChI=1S/C15H30N2O/c1-3-9-17(4-2)12-15(8-5-10-18-13-15)11-16-14-6-7-14/h14,16H,3-13H2,1-2H3. The molecule has 1 atom stereocenters. The molecule has 0 aromatic heterocycles.